The Balaban J connectivity index is 1.70. The first-order valence-corrected chi connectivity index (χ1v) is 9.69. The van der Waals surface area contributed by atoms with Crippen molar-refractivity contribution in [2.24, 2.45) is 0 Å². The smallest absolute Gasteiger partial charge is 0.195 e. The molecule has 1 aliphatic rings. The van der Waals surface area contributed by atoms with Gasteiger partial charge in [-0.1, -0.05) is 23.5 Å². The SMILES string of the molecule is Fc1ccc(-c2nc3sc4ccccc4n3c2CN2CCNCC2)cc1. The molecule has 0 amide bonds. The quantitative estimate of drug-likeness (QED) is 0.599. The first-order chi connectivity index (χ1) is 12.8. The Kier molecular flexibility index (Phi) is 3.96. The van der Waals surface area contributed by atoms with Gasteiger partial charge in [0.25, 0.3) is 0 Å². The highest BCUT2D eigenvalue weighted by molar-refractivity contribution is 7.23. The normalized spacial score (nSPS) is 15.9. The van der Waals surface area contributed by atoms with Crippen molar-refractivity contribution in [1.29, 1.82) is 0 Å². The lowest BCUT2D eigenvalue weighted by molar-refractivity contribution is 0.231. The summed E-state index contributed by atoms with van der Waals surface area (Å²) in [5.74, 6) is -0.219. The van der Waals surface area contributed by atoms with Crippen LogP contribution in [0, 0.1) is 5.82 Å². The minimum absolute atomic E-state index is 0.219. The van der Waals surface area contributed by atoms with E-state index in [4.69, 9.17) is 4.98 Å². The average molecular weight is 366 g/mol. The lowest BCUT2D eigenvalue weighted by atomic mass is 10.1. The fourth-order valence-corrected chi connectivity index (χ4v) is 4.68. The highest BCUT2D eigenvalue weighted by Crippen LogP contribution is 2.33. The molecule has 132 valence electrons. The fourth-order valence-electron chi connectivity index (χ4n) is 3.64. The Labute approximate surface area is 154 Å². The molecule has 1 N–H and O–H groups in total. The van der Waals surface area contributed by atoms with Crippen molar-refractivity contribution in [3.8, 4) is 11.3 Å². The van der Waals surface area contributed by atoms with E-state index in [1.165, 1.54) is 28.0 Å². The molecule has 0 aliphatic carbocycles. The number of aromatic nitrogens is 2. The summed E-state index contributed by atoms with van der Waals surface area (Å²) in [6.45, 7) is 4.92. The predicted octanol–water partition coefficient (Wildman–Crippen LogP) is 3.76. The molecule has 0 unspecified atom stereocenters. The standard InChI is InChI=1S/C20H19FN4S/c21-15-7-5-14(6-8-15)19-17(13-24-11-9-22-10-12-24)25-16-3-1-2-4-18(16)26-20(25)23-19/h1-8,22H,9-13H2. The summed E-state index contributed by atoms with van der Waals surface area (Å²) in [5.41, 5.74) is 4.31. The lowest BCUT2D eigenvalue weighted by Crippen LogP contribution is -2.43. The molecule has 0 saturated carbocycles. The van der Waals surface area contributed by atoms with E-state index >= 15 is 0 Å². The van der Waals surface area contributed by atoms with Crippen molar-refractivity contribution < 1.29 is 4.39 Å². The van der Waals surface area contributed by atoms with E-state index in [1.807, 2.05) is 12.1 Å². The summed E-state index contributed by atoms with van der Waals surface area (Å²) in [5, 5.41) is 3.40. The molecule has 3 heterocycles. The van der Waals surface area contributed by atoms with Gasteiger partial charge < -0.3 is 5.32 Å². The molecule has 1 fully saturated rings. The fraction of sp³-hybridized carbons (Fsp3) is 0.250. The van der Waals surface area contributed by atoms with Gasteiger partial charge in [-0.05, 0) is 36.4 Å². The predicted molar refractivity (Wildman–Crippen MR) is 104 cm³/mol. The number of nitrogens with zero attached hydrogens (tertiary/aromatic N) is 3. The molecule has 2 aromatic carbocycles. The second-order valence-corrected chi connectivity index (χ2v) is 7.64. The maximum absolute atomic E-state index is 13.4. The summed E-state index contributed by atoms with van der Waals surface area (Å²) in [4.78, 5) is 8.39. The van der Waals surface area contributed by atoms with Crippen LogP contribution in [0.4, 0.5) is 4.39 Å². The van der Waals surface area contributed by atoms with Gasteiger partial charge in [-0.3, -0.25) is 9.30 Å². The Morgan fingerprint density at radius 1 is 1.04 bits per heavy atom. The van der Waals surface area contributed by atoms with Crippen molar-refractivity contribution in [3.63, 3.8) is 0 Å². The number of thiazole rings is 1. The van der Waals surface area contributed by atoms with Crippen molar-refractivity contribution in [2.75, 3.05) is 26.2 Å². The van der Waals surface area contributed by atoms with Crippen molar-refractivity contribution in [3.05, 3.63) is 60.0 Å². The third kappa shape index (κ3) is 2.70. The van der Waals surface area contributed by atoms with Gasteiger partial charge in [-0.2, -0.15) is 0 Å². The first-order valence-electron chi connectivity index (χ1n) is 8.87. The van der Waals surface area contributed by atoms with Crippen LogP contribution in [-0.2, 0) is 6.54 Å². The summed E-state index contributed by atoms with van der Waals surface area (Å²) in [6, 6.07) is 15.1. The molecule has 1 saturated heterocycles. The number of halogens is 1. The zero-order valence-corrected chi connectivity index (χ0v) is 15.1. The third-order valence-corrected chi connectivity index (χ3v) is 5.97. The largest absolute Gasteiger partial charge is 0.314 e. The highest BCUT2D eigenvalue weighted by Gasteiger charge is 2.21. The van der Waals surface area contributed by atoms with Crippen molar-refractivity contribution in [1.82, 2.24) is 19.6 Å². The summed E-state index contributed by atoms with van der Waals surface area (Å²) in [7, 11) is 0. The van der Waals surface area contributed by atoms with Crippen LogP contribution >= 0.6 is 11.3 Å². The Hall–Kier alpha value is -2.28. The maximum atomic E-state index is 13.4. The van der Waals surface area contributed by atoms with Gasteiger partial charge in [0.15, 0.2) is 4.96 Å². The zero-order chi connectivity index (χ0) is 17.5. The van der Waals surface area contributed by atoms with Gasteiger partial charge in [-0.15, -0.1) is 0 Å². The van der Waals surface area contributed by atoms with Crippen LogP contribution in [0.2, 0.25) is 0 Å². The zero-order valence-electron chi connectivity index (χ0n) is 14.3. The van der Waals surface area contributed by atoms with Gasteiger partial charge in [0, 0.05) is 38.3 Å². The second kappa shape index (κ2) is 6.46. The molecule has 2 aromatic heterocycles. The van der Waals surface area contributed by atoms with Crippen LogP contribution in [-0.4, -0.2) is 40.5 Å². The van der Waals surface area contributed by atoms with Gasteiger partial charge >= 0.3 is 0 Å². The second-order valence-electron chi connectivity index (χ2n) is 6.63. The molecule has 26 heavy (non-hydrogen) atoms. The van der Waals surface area contributed by atoms with E-state index in [1.54, 1.807) is 11.3 Å². The van der Waals surface area contributed by atoms with E-state index in [0.717, 1.165) is 48.9 Å². The summed E-state index contributed by atoms with van der Waals surface area (Å²) >= 11 is 1.70. The van der Waals surface area contributed by atoms with Crippen molar-refractivity contribution >= 4 is 26.5 Å². The van der Waals surface area contributed by atoms with Crippen molar-refractivity contribution in [2.45, 2.75) is 6.54 Å². The summed E-state index contributed by atoms with van der Waals surface area (Å²) in [6.07, 6.45) is 0. The van der Waals surface area contributed by atoms with Gasteiger partial charge in [0.1, 0.15) is 5.82 Å². The van der Waals surface area contributed by atoms with Crippen LogP contribution in [0.25, 0.3) is 26.4 Å². The molecule has 5 rings (SSSR count). The van der Waals surface area contributed by atoms with Gasteiger partial charge in [0.2, 0.25) is 0 Å². The van der Waals surface area contributed by atoms with Crippen LogP contribution in [0.5, 0.6) is 0 Å². The molecule has 4 nitrogen and oxygen atoms in total. The number of hydrogen-bond donors (Lipinski definition) is 1. The van der Waals surface area contributed by atoms with Crippen LogP contribution in [0.1, 0.15) is 5.69 Å². The maximum Gasteiger partial charge on any atom is 0.195 e. The van der Waals surface area contributed by atoms with Gasteiger partial charge in [0.05, 0.1) is 21.6 Å². The number of rotatable bonds is 3. The number of fused-ring (bicyclic) bond motifs is 3. The Bertz CT molecular complexity index is 1060. The molecule has 0 bridgehead atoms. The van der Waals surface area contributed by atoms with E-state index in [2.05, 4.69) is 38.9 Å². The number of imidazole rings is 1. The Morgan fingerprint density at radius 3 is 2.62 bits per heavy atom. The number of benzene rings is 2. The van der Waals surface area contributed by atoms with Gasteiger partial charge in [-0.25, -0.2) is 9.37 Å². The van der Waals surface area contributed by atoms with E-state index in [0.29, 0.717) is 0 Å². The number of piperazine rings is 1. The van der Waals surface area contributed by atoms with E-state index in [-0.39, 0.29) is 5.82 Å². The van der Waals surface area contributed by atoms with Crippen LogP contribution < -0.4 is 5.32 Å². The van der Waals surface area contributed by atoms with Crippen LogP contribution in [0.3, 0.4) is 0 Å². The minimum Gasteiger partial charge on any atom is -0.314 e. The first kappa shape index (κ1) is 15.9. The average Bonchev–Trinajstić information content (AvgIpc) is 3.20. The molecule has 1 aliphatic heterocycles. The Morgan fingerprint density at radius 2 is 1.81 bits per heavy atom. The van der Waals surface area contributed by atoms with Crippen LogP contribution in [0.15, 0.2) is 48.5 Å². The molecular weight excluding hydrogens is 347 g/mol. The van der Waals surface area contributed by atoms with E-state index in [9.17, 15) is 4.39 Å². The summed E-state index contributed by atoms with van der Waals surface area (Å²) < 4.78 is 16.9. The number of nitrogens with one attached hydrogen (secondary N) is 1. The monoisotopic (exact) mass is 366 g/mol. The number of hydrogen-bond acceptors (Lipinski definition) is 4. The van der Waals surface area contributed by atoms with E-state index < -0.39 is 0 Å². The molecule has 0 spiro atoms. The highest BCUT2D eigenvalue weighted by atomic mass is 32.1. The molecule has 6 heteroatoms. The molecule has 0 radical (unpaired) electrons. The lowest BCUT2D eigenvalue weighted by Gasteiger charge is -2.27. The minimum atomic E-state index is -0.219. The molecule has 4 aromatic rings. The third-order valence-electron chi connectivity index (χ3n) is 4.95. The molecular formula is C20H19FN4S. The molecule has 0 atom stereocenters. The topological polar surface area (TPSA) is 32.6 Å². The number of para-hydroxylation sites is 1.